The average molecular weight is 500 g/mol. The molecule has 12 nitrogen and oxygen atoms in total. The van der Waals surface area contributed by atoms with Crippen LogP contribution >= 0.6 is 0 Å². The molecule has 0 saturated heterocycles. The number of ether oxygens (including phenoxy) is 5. The Morgan fingerprint density at radius 3 is 2.42 bits per heavy atom. The van der Waals surface area contributed by atoms with Crippen molar-refractivity contribution in [1.29, 1.82) is 0 Å². The first kappa shape index (κ1) is 25.9. The molecular weight excluding hydrogens is 476 g/mol. The highest BCUT2D eigenvalue weighted by atomic mass is 16.5. The summed E-state index contributed by atoms with van der Waals surface area (Å²) in [5.41, 5.74) is 5.79. The number of amides is 2. The molecule has 3 rings (SSSR count). The Bertz CT molecular complexity index is 1240. The van der Waals surface area contributed by atoms with Gasteiger partial charge in [-0.15, -0.1) is 0 Å². The molecule has 1 atom stereocenters. The summed E-state index contributed by atoms with van der Waals surface area (Å²) < 4.78 is 27.1. The number of aliphatic carboxylic acids is 1. The minimum atomic E-state index is -1.47. The molecule has 2 aromatic rings. The smallest absolute Gasteiger partial charge is 0.326 e. The second-order valence-corrected chi connectivity index (χ2v) is 7.44. The molecule has 0 saturated carbocycles. The second-order valence-electron chi connectivity index (χ2n) is 7.44. The summed E-state index contributed by atoms with van der Waals surface area (Å²) in [7, 11) is 4.41. The highest BCUT2D eigenvalue weighted by molar-refractivity contribution is 6.14. The van der Waals surface area contributed by atoms with Crippen LogP contribution < -0.4 is 34.7 Å². The van der Waals surface area contributed by atoms with Gasteiger partial charge in [0.1, 0.15) is 17.5 Å². The van der Waals surface area contributed by atoms with Crippen molar-refractivity contribution in [2.75, 3.05) is 27.9 Å². The molecule has 2 amide bonds. The van der Waals surface area contributed by atoms with Crippen molar-refractivity contribution in [2.24, 2.45) is 5.73 Å². The zero-order chi connectivity index (χ0) is 26.4. The molecule has 0 unspecified atom stereocenters. The average Bonchev–Trinajstić information content (AvgIpc) is 3.15. The molecule has 0 radical (unpaired) electrons. The number of fused-ring (bicyclic) bond motifs is 1. The van der Waals surface area contributed by atoms with E-state index in [1.54, 1.807) is 12.1 Å². The molecule has 0 spiro atoms. The lowest BCUT2D eigenvalue weighted by molar-refractivity contribution is -0.143. The van der Waals surface area contributed by atoms with Crippen molar-refractivity contribution in [2.45, 2.75) is 12.5 Å². The standard InChI is InChI=1S/C24H24N2O10/c1-32-16-7-4-12(22(33-2)23(16)34-3)8-18-21(29)14-6-5-13(9-17(14)36-18)35-11-20(28)26-15(24(30)31)10-19(25)27/h4-9,15H,10-11H2,1-3H3,(H2,25,27)(H,26,28)(H,30,31)/b18-8-/t15-/m0/s1. The van der Waals surface area contributed by atoms with E-state index in [0.29, 0.717) is 22.8 Å². The van der Waals surface area contributed by atoms with Crippen LogP contribution in [-0.4, -0.2) is 62.7 Å². The summed E-state index contributed by atoms with van der Waals surface area (Å²) in [6.45, 7) is -0.541. The Morgan fingerprint density at radius 1 is 1.08 bits per heavy atom. The van der Waals surface area contributed by atoms with E-state index in [-0.39, 0.29) is 28.6 Å². The summed E-state index contributed by atoms with van der Waals surface area (Å²) in [6, 6.07) is 6.24. The number of methoxy groups -OCH3 is 3. The van der Waals surface area contributed by atoms with Crippen molar-refractivity contribution in [3.05, 3.63) is 47.2 Å². The molecule has 12 heteroatoms. The first-order chi connectivity index (χ1) is 17.2. The third kappa shape index (κ3) is 5.66. The summed E-state index contributed by atoms with van der Waals surface area (Å²) in [5.74, 6) is -1.84. The Kier molecular flexibility index (Phi) is 8.00. The van der Waals surface area contributed by atoms with Crippen LogP contribution in [0.4, 0.5) is 0 Å². The Hall–Kier alpha value is -4.74. The number of rotatable bonds is 11. The number of carboxylic acid groups (broad SMARTS) is 1. The fourth-order valence-corrected chi connectivity index (χ4v) is 3.42. The van der Waals surface area contributed by atoms with Gasteiger partial charge in [0.05, 0.1) is 33.3 Å². The maximum absolute atomic E-state index is 12.8. The quantitative estimate of drug-likeness (QED) is 0.380. The molecule has 0 fully saturated rings. The van der Waals surface area contributed by atoms with Crippen molar-refractivity contribution < 1.29 is 48.0 Å². The van der Waals surface area contributed by atoms with Crippen LogP contribution in [0, 0.1) is 0 Å². The lowest BCUT2D eigenvalue weighted by atomic mass is 10.1. The molecule has 0 aromatic heterocycles. The van der Waals surface area contributed by atoms with E-state index in [0.717, 1.165) is 0 Å². The number of nitrogens with one attached hydrogen (secondary N) is 1. The first-order valence-corrected chi connectivity index (χ1v) is 10.5. The zero-order valence-electron chi connectivity index (χ0n) is 19.7. The van der Waals surface area contributed by atoms with Gasteiger partial charge in [0.15, 0.2) is 23.9 Å². The Labute approximate surface area is 205 Å². The van der Waals surface area contributed by atoms with Gasteiger partial charge >= 0.3 is 5.97 Å². The predicted molar refractivity (Wildman–Crippen MR) is 124 cm³/mol. The van der Waals surface area contributed by atoms with Crippen molar-refractivity contribution in [3.63, 3.8) is 0 Å². The molecule has 4 N–H and O–H groups in total. The number of allylic oxidation sites excluding steroid dienone is 1. The largest absolute Gasteiger partial charge is 0.493 e. The van der Waals surface area contributed by atoms with Crippen LogP contribution in [0.2, 0.25) is 0 Å². The van der Waals surface area contributed by atoms with E-state index in [4.69, 9.17) is 34.5 Å². The van der Waals surface area contributed by atoms with Gasteiger partial charge in [-0.25, -0.2) is 4.79 Å². The van der Waals surface area contributed by atoms with Gasteiger partial charge < -0.3 is 39.8 Å². The number of hydrogen-bond acceptors (Lipinski definition) is 9. The minimum Gasteiger partial charge on any atom is -0.493 e. The number of carboxylic acids is 1. The third-order valence-corrected chi connectivity index (χ3v) is 5.07. The fraction of sp³-hybridized carbons (Fsp3) is 0.250. The summed E-state index contributed by atoms with van der Waals surface area (Å²) in [6.07, 6.45) is 0.942. The Morgan fingerprint density at radius 2 is 1.81 bits per heavy atom. The lowest BCUT2D eigenvalue weighted by Gasteiger charge is -2.14. The van der Waals surface area contributed by atoms with Crippen LogP contribution in [0.1, 0.15) is 22.3 Å². The maximum atomic E-state index is 12.8. The first-order valence-electron chi connectivity index (χ1n) is 10.5. The van der Waals surface area contributed by atoms with E-state index in [2.05, 4.69) is 5.32 Å². The Balaban J connectivity index is 1.74. The van der Waals surface area contributed by atoms with Gasteiger partial charge in [0.2, 0.25) is 17.4 Å². The van der Waals surface area contributed by atoms with E-state index in [1.807, 2.05) is 0 Å². The van der Waals surface area contributed by atoms with Crippen LogP contribution in [0.3, 0.4) is 0 Å². The molecule has 36 heavy (non-hydrogen) atoms. The van der Waals surface area contributed by atoms with E-state index < -0.39 is 36.9 Å². The van der Waals surface area contributed by atoms with Gasteiger partial charge in [0, 0.05) is 11.6 Å². The normalized spacial score (nSPS) is 13.9. The monoisotopic (exact) mass is 500 g/mol. The molecule has 190 valence electrons. The summed E-state index contributed by atoms with van der Waals surface area (Å²) in [5, 5.41) is 11.2. The van der Waals surface area contributed by atoms with Crippen molar-refractivity contribution >= 4 is 29.6 Å². The van der Waals surface area contributed by atoms with Gasteiger partial charge in [-0.05, 0) is 30.3 Å². The highest BCUT2D eigenvalue weighted by Gasteiger charge is 2.29. The van der Waals surface area contributed by atoms with Crippen LogP contribution in [0.15, 0.2) is 36.1 Å². The van der Waals surface area contributed by atoms with Gasteiger partial charge in [0.25, 0.3) is 5.91 Å². The van der Waals surface area contributed by atoms with Gasteiger partial charge in [-0.3, -0.25) is 14.4 Å². The number of hydrogen-bond donors (Lipinski definition) is 3. The maximum Gasteiger partial charge on any atom is 0.326 e. The van der Waals surface area contributed by atoms with Crippen LogP contribution in [0.25, 0.3) is 6.08 Å². The fourth-order valence-electron chi connectivity index (χ4n) is 3.42. The highest BCUT2D eigenvalue weighted by Crippen LogP contribution is 2.42. The second kappa shape index (κ2) is 11.1. The number of nitrogens with two attached hydrogens (primary N) is 1. The molecule has 0 bridgehead atoms. The number of ketones is 1. The molecule has 2 aromatic carbocycles. The van der Waals surface area contributed by atoms with Crippen molar-refractivity contribution in [1.82, 2.24) is 5.32 Å². The van der Waals surface area contributed by atoms with Crippen LogP contribution in [-0.2, 0) is 14.4 Å². The number of carbonyl (C=O) groups excluding carboxylic acids is 3. The SMILES string of the molecule is COc1ccc(/C=C2\Oc3cc(OCC(=O)N[C@@H](CC(N)=O)C(=O)O)ccc3C2=O)c(OC)c1OC. The summed E-state index contributed by atoms with van der Waals surface area (Å²) >= 11 is 0. The van der Waals surface area contributed by atoms with Crippen LogP contribution in [0.5, 0.6) is 28.7 Å². The molecule has 1 heterocycles. The number of Topliss-reactive ketones (excluding diaryl/α,β-unsaturated/α-hetero) is 1. The molecule has 0 aliphatic carbocycles. The topological polar surface area (TPSA) is 173 Å². The van der Waals surface area contributed by atoms with E-state index in [1.165, 1.54) is 45.6 Å². The van der Waals surface area contributed by atoms with Gasteiger partial charge in [-0.1, -0.05) is 0 Å². The molecule has 1 aliphatic heterocycles. The van der Waals surface area contributed by atoms with Crippen molar-refractivity contribution in [3.8, 4) is 28.7 Å². The van der Waals surface area contributed by atoms with E-state index in [9.17, 15) is 19.2 Å². The molecule has 1 aliphatic rings. The minimum absolute atomic E-state index is 0.0289. The third-order valence-electron chi connectivity index (χ3n) is 5.07. The molecular formula is C24H24N2O10. The van der Waals surface area contributed by atoms with E-state index >= 15 is 0 Å². The van der Waals surface area contributed by atoms with Gasteiger partial charge in [-0.2, -0.15) is 0 Å². The number of carbonyl (C=O) groups is 4. The lowest BCUT2D eigenvalue weighted by Crippen LogP contribution is -2.45. The number of primary amides is 1. The summed E-state index contributed by atoms with van der Waals surface area (Å²) in [4.78, 5) is 47.0. The number of benzene rings is 2. The zero-order valence-corrected chi connectivity index (χ0v) is 19.7. The predicted octanol–water partition coefficient (Wildman–Crippen LogP) is 1.15.